The highest BCUT2D eigenvalue weighted by molar-refractivity contribution is 9.10. The summed E-state index contributed by atoms with van der Waals surface area (Å²) in [6, 6.07) is 14.3. The van der Waals surface area contributed by atoms with Gasteiger partial charge in [0.05, 0.1) is 12.5 Å². The number of anilines is 2. The summed E-state index contributed by atoms with van der Waals surface area (Å²) < 4.78 is 1.04. The maximum absolute atomic E-state index is 12.2. The molecule has 0 aromatic heterocycles. The van der Waals surface area contributed by atoms with Gasteiger partial charge >= 0.3 is 0 Å². The van der Waals surface area contributed by atoms with Crippen LogP contribution < -0.4 is 10.2 Å². The first-order valence-corrected chi connectivity index (χ1v) is 7.73. The number of amides is 1. The van der Waals surface area contributed by atoms with Crippen molar-refractivity contribution in [2.45, 2.75) is 19.4 Å². The van der Waals surface area contributed by atoms with Crippen molar-refractivity contribution in [1.29, 1.82) is 0 Å². The fraction of sp³-hybridized carbons (Fsp3) is 0.235. The molecule has 1 unspecified atom stereocenters. The summed E-state index contributed by atoms with van der Waals surface area (Å²) in [5.41, 5.74) is 4.36. The Kier molecular flexibility index (Phi) is 3.72. The van der Waals surface area contributed by atoms with E-state index in [1.807, 2.05) is 31.3 Å². The Morgan fingerprint density at radius 2 is 2.00 bits per heavy atom. The average molecular weight is 345 g/mol. The van der Waals surface area contributed by atoms with Crippen molar-refractivity contribution in [2.75, 3.05) is 17.3 Å². The second-order valence-electron chi connectivity index (χ2n) is 5.43. The number of aryl methyl sites for hydroxylation is 1. The van der Waals surface area contributed by atoms with Gasteiger partial charge in [0, 0.05) is 22.9 Å². The molecule has 1 aliphatic rings. The van der Waals surface area contributed by atoms with Gasteiger partial charge < -0.3 is 10.2 Å². The Labute approximate surface area is 133 Å². The molecule has 0 bridgehead atoms. The summed E-state index contributed by atoms with van der Waals surface area (Å²) in [5.74, 6) is 0.137. The third-order valence-electron chi connectivity index (χ3n) is 3.81. The predicted octanol–water partition coefficient (Wildman–Crippen LogP) is 4.28. The molecule has 2 aromatic rings. The zero-order valence-electron chi connectivity index (χ0n) is 12.1. The van der Waals surface area contributed by atoms with Crippen LogP contribution in [-0.2, 0) is 4.79 Å². The van der Waals surface area contributed by atoms with Crippen LogP contribution in [0.2, 0.25) is 0 Å². The first-order chi connectivity index (χ1) is 10.0. The SMILES string of the molecule is Cc1cc(Br)cc(NC2CC(=O)N(C)c3ccccc32)c1. The number of nitrogens with zero attached hydrogens (tertiary/aromatic N) is 1. The van der Waals surface area contributed by atoms with Crippen molar-refractivity contribution in [3.8, 4) is 0 Å². The number of hydrogen-bond donors (Lipinski definition) is 1. The van der Waals surface area contributed by atoms with E-state index in [-0.39, 0.29) is 11.9 Å². The predicted molar refractivity (Wildman–Crippen MR) is 89.7 cm³/mol. The number of nitrogens with one attached hydrogen (secondary N) is 1. The summed E-state index contributed by atoms with van der Waals surface area (Å²) in [4.78, 5) is 13.9. The van der Waals surface area contributed by atoms with Crippen molar-refractivity contribution in [3.05, 3.63) is 58.1 Å². The average Bonchev–Trinajstić information content (AvgIpc) is 2.43. The van der Waals surface area contributed by atoms with Crippen LogP contribution in [0.25, 0.3) is 0 Å². The van der Waals surface area contributed by atoms with E-state index in [0.717, 1.165) is 21.4 Å². The third-order valence-corrected chi connectivity index (χ3v) is 4.27. The van der Waals surface area contributed by atoms with Gasteiger partial charge in [-0.05, 0) is 42.3 Å². The Morgan fingerprint density at radius 3 is 2.76 bits per heavy atom. The lowest BCUT2D eigenvalue weighted by molar-refractivity contribution is -0.118. The molecule has 0 spiro atoms. The molecule has 108 valence electrons. The van der Waals surface area contributed by atoms with Crippen LogP contribution in [0.3, 0.4) is 0 Å². The molecule has 1 aliphatic heterocycles. The molecule has 0 radical (unpaired) electrons. The zero-order valence-corrected chi connectivity index (χ0v) is 13.6. The Bertz CT molecular complexity index is 679. The molecular formula is C17H17BrN2O. The minimum Gasteiger partial charge on any atom is -0.378 e. The van der Waals surface area contributed by atoms with E-state index >= 15 is 0 Å². The number of carbonyl (C=O) groups excluding carboxylic acids is 1. The number of benzene rings is 2. The van der Waals surface area contributed by atoms with E-state index in [2.05, 4.69) is 46.4 Å². The molecule has 0 aliphatic carbocycles. The Balaban J connectivity index is 1.95. The third kappa shape index (κ3) is 2.81. The number of carbonyl (C=O) groups is 1. The van der Waals surface area contributed by atoms with E-state index in [9.17, 15) is 4.79 Å². The van der Waals surface area contributed by atoms with Crippen LogP contribution >= 0.6 is 15.9 Å². The minimum atomic E-state index is 0.0126. The van der Waals surface area contributed by atoms with E-state index in [1.165, 1.54) is 5.56 Å². The van der Waals surface area contributed by atoms with Gasteiger partial charge in [0.2, 0.25) is 5.91 Å². The van der Waals surface area contributed by atoms with Crippen LogP contribution in [0.4, 0.5) is 11.4 Å². The zero-order chi connectivity index (χ0) is 15.0. The van der Waals surface area contributed by atoms with E-state index in [0.29, 0.717) is 6.42 Å². The molecule has 0 saturated carbocycles. The highest BCUT2D eigenvalue weighted by atomic mass is 79.9. The smallest absolute Gasteiger partial charge is 0.229 e. The lowest BCUT2D eigenvalue weighted by Crippen LogP contribution is -2.35. The van der Waals surface area contributed by atoms with Crippen LogP contribution in [0.5, 0.6) is 0 Å². The molecule has 0 fully saturated rings. The number of hydrogen-bond acceptors (Lipinski definition) is 2. The van der Waals surface area contributed by atoms with Gasteiger partial charge in [-0.15, -0.1) is 0 Å². The number of halogens is 1. The van der Waals surface area contributed by atoms with Gasteiger partial charge in [0.15, 0.2) is 0 Å². The molecule has 4 heteroatoms. The van der Waals surface area contributed by atoms with Crippen molar-refractivity contribution >= 4 is 33.2 Å². The molecule has 2 aromatic carbocycles. The maximum Gasteiger partial charge on any atom is 0.229 e. The molecule has 3 nitrogen and oxygen atoms in total. The van der Waals surface area contributed by atoms with Crippen LogP contribution in [0.1, 0.15) is 23.6 Å². The first kappa shape index (κ1) is 14.1. The lowest BCUT2D eigenvalue weighted by Gasteiger charge is -2.32. The van der Waals surface area contributed by atoms with Crippen LogP contribution in [0.15, 0.2) is 46.9 Å². The number of rotatable bonds is 2. The van der Waals surface area contributed by atoms with Gasteiger partial charge in [-0.3, -0.25) is 4.79 Å². The summed E-state index contributed by atoms with van der Waals surface area (Å²) in [6.45, 7) is 2.06. The van der Waals surface area contributed by atoms with E-state index in [1.54, 1.807) is 4.90 Å². The number of fused-ring (bicyclic) bond motifs is 1. The van der Waals surface area contributed by atoms with Crippen LogP contribution in [0, 0.1) is 6.92 Å². The summed E-state index contributed by atoms with van der Waals surface area (Å²) >= 11 is 3.52. The summed E-state index contributed by atoms with van der Waals surface area (Å²) in [6.07, 6.45) is 0.471. The molecule has 1 heterocycles. The fourth-order valence-corrected chi connectivity index (χ4v) is 3.40. The molecule has 1 amide bonds. The summed E-state index contributed by atoms with van der Waals surface area (Å²) in [7, 11) is 1.83. The Hall–Kier alpha value is -1.81. The van der Waals surface area contributed by atoms with E-state index < -0.39 is 0 Å². The highest BCUT2D eigenvalue weighted by Crippen LogP contribution is 2.36. The van der Waals surface area contributed by atoms with Gasteiger partial charge in [0.25, 0.3) is 0 Å². The van der Waals surface area contributed by atoms with Gasteiger partial charge in [-0.2, -0.15) is 0 Å². The van der Waals surface area contributed by atoms with Crippen molar-refractivity contribution < 1.29 is 4.79 Å². The topological polar surface area (TPSA) is 32.3 Å². The Morgan fingerprint density at radius 1 is 1.24 bits per heavy atom. The van der Waals surface area contributed by atoms with Crippen molar-refractivity contribution in [2.24, 2.45) is 0 Å². The van der Waals surface area contributed by atoms with Gasteiger partial charge in [0.1, 0.15) is 0 Å². The summed E-state index contributed by atoms with van der Waals surface area (Å²) in [5, 5.41) is 3.49. The number of para-hydroxylation sites is 1. The molecule has 1 N–H and O–H groups in total. The standard InChI is InChI=1S/C17H17BrN2O/c1-11-7-12(18)9-13(8-11)19-15-10-17(21)20(2)16-6-4-3-5-14(15)16/h3-9,15,19H,10H2,1-2H3. The minimum absolute atomic E-state index is 0.0126. The molecular weight excluding hydrogens is 328 g/mol. The molecule has 3 rings (SSSR count). The van der Waals surface area contributed by atoms with Gasteiger partial charge in [-0.1, -0.05) is 34.1 Å². The molecule has 1 atom stereocenters. The van der Waals surface area contributed by atoms with Crippen LogP contribution in [-0.4, -0.2) is 13.0 Å². The molecule has 21 heavy (non-hydrogen) atoms. The molecule has 0 saturated heterocycles. The fourth-order valence-electron chi connectivity index (χ4n) is 2.79. The first-order valence-electron chi connectivity index (χ1n) is 6.94. The van der Waals surface area contributed by atoms with Gasteiger partial charge in [-0.25, -0.2) is 0 Å². The van der Waals surface area contributed by atoms with Crippen molar-refractivity contribution in [1.82, 2.24) is 0 Å². The second kappa shape index (κ2) is 5.53. The maximum atomic E-state index is 12.2. The van der Waals surface area contributed by atoms with E-state index in [4.69, 9.17) is 0 Å². The quantitative estimate of drug-likeness (QED) is 0.881. The second-order valence-corrected chi connectivity index (χ2v) is 6.35. The monoisotopic (exact) mass is 344 g/mol. The van der Waals surface area contributed by atoms with Crippen molar-refractivity contribution in [3.63, 3.8) is 0 Å². The largest absolute Gasteiger partial charge is 0.378 e. The lowest BCUT2D eigenvalue weighted by atomic mass is 9.96. The highest BCUT2D eigenvalue weighted by Gasteiger charge is 2.28. The normalized spacial score (nSPS) is 17.6.